The van der Waals surface area contributed by atoms with Crippen LogP contribution in [0.1, 0.15) is 10.4 Å². The molecule has 0 saturated heterocycles. The van der Waals surface area contributed by atoms with E-state index in [2.05, 4.69) is 0 Å². The molecule has 0 unspecified atom stereocenters. The number of aromatic nitrogens is 1. The Kier molecular flexibility index (Phi) is 10.2. The minimum atomic E-state index is -1.27. The van der Waals surface area contributed by atoms with Gasteiger partial charge in [-0.3, -0.25) is 24.0 Å². The zero-order valence-corrected chi connectivity index (χ0v) is 13.1. The van der Waals surface area contributed by atoms with E-state index in [4.69, 9.17) is 10.2 Å². The maximum absolute atomic E-state index is 12.6. The second kappa shape index (κ2) is 10.7. The number of pyridine rings is 1. The Bertz CT molecular complexity index is 1000. The van der Waals surface area contributed by atoms with Crippen LogP contribution in [0.5, 0.6) is 0 Å². The Labute approximate surface area is 197 Å². The third-order valence-corrected chi connectivity index (χ3v) is 3.43. The van der Waals surface area contributed by atoms with Gasteiger partial charge in [0, 0.05) is 13.2 Å². The van der Waals surface area contributed by atoms with Crippen LogP contribution in [0.2, 0.25) is 0 Å². The van der Waals surface area contributed by atoms with Crippen molar-refractivity contribution in [1.29, 1.82) is 0 Å². The number of hydrogen-bond donors (Lipinski definition) is 2. The van der Waals surface area contributed by atoms with Gasteiger partial charge in [-0.05, 0) is 12.1 Å². The van der Waals surface area contributed by atoms with Crippen molar-refractivity contribution in [3.63, 3.8) is 0 Å². The summed E-state index contributed by atoms with van der Waals surface area (Å²) in [5, 5.41) is 17.7. The number of carboxylic acids is 2. The molecule has 2 N–H and O–H groups in total. The van der Waals surface area contributed by atoms with E-state index in [1.165, 1.54) is 31.3 Å². The van der Waals surface area contributed by atoms with Crippen molar-refractivity contribution in [2.24, 2.45) is 0 Å². The summed E-state index contributed by atoms with van der Waals surface area (Å²) in [7, 11) is 1.20. The molecule has 9 nitrogen and oxygen atoms in total. The fraction of sp³-hybridized carbons (Fsp3) is 0.188. The average Bonchev–Trinajstić information content (AvgIpc) is 2.70. The maximum atomic E-state index is 12.6. The summed E-state index contributed by atoms with van der Waals surface area (Å²) >= 11 is 0. The molecule has 2 aromatic rings. The van der Waals surface area contributed by atoms with E-state index >= 15 is 0 Å². The molecule has 11 heteroatoms. The number of rotatable bonds is 5. The predicted molar refractivity (Wildman–Crippen MR) is 101 cm³/mol. The molecular weight excluding hydrogens is 378 g/mol. The van der Waals surface area contributed by atoms with Crippen molar-refractivity contribution in [1.82, 2.24) is 9.47 Å². The van der Waals surface area contributed by atoms with Crippen molar-refractivity contribution in [2.45, 2.75) is 6.54 Å². The van der Waals surface area contributed by atoms with Crippen LogP contribution < -0.4 is 10.9 Å². The summed E-state index contributed by atoms with van der Waals surface area (Å²) in [6, 6.07) is 5.31. The normalized spacial score (nSPS) is 9.67. The van der Waals surface area contributed by atoms with Gasteiger partial charge in [0.15, 0.2) is 0 Å². The third-order valence-electron chi connectivity index (χ3n) is 3.43. The van der Waals surface area contributed by atoms with Gasteiger partial charge >= 0.3 is 71.1 Å². The second-order valence-electron chi connectivity index (χ2n) is 5.29. The van der Waals surface area contributed by atoms with Gasteiger partial charge < -0.3 is 19.7 Å². The fourth-order valence-electron chi connectivity index (χ4n) is 2.39. The van der Waals surface area contributed by atoms with E-state index in [-0.39, 0.29) is 70.0 Å². The third kappa shape index (κ3) is 6.00. The molecule has 134 valence electrons. The SMILES string of the molecule is CN(CC(=O)O)C(=O)c1cn(CC(=O)O)c2c(=O)ccccc2c1=O.[NaH].[NaH]. The molecule has 0 fully saturated rings. The Hall–Kier alpha value is -1.49. The van der Waals surface area contributed by atoms with Crippen LogP contribution in [0, 0.1) is 0 Å². The van der Waals surface area contributed by atoms with Gasteiger partial charge in [-0.1, -0.05) is 12.1 Å². The van der Waals surface area contributed by atoms with Gasteiger partial charge in [0.05, 0.1) is 5.39 Å². The molecule has 0 atom stereocenters. The van der Waals surface area contributed by atoms with E-state index < -0.39 is 47.4 Å². The Balaban J connectivity index is 0.00000338. The summed E-state index contributed by atoms with van der Waals surface area (Å²) in [5.41, 5.74) is -1.90. The quantitative estimate of drug-likeness (QED) is 0.578. The Morgan fingerprint density at radius 2 is 1.63 bits per heavy atom. The summed E-state index contributed by atoms with van der Waals surface area (Å²) in [6.45, 7) is -1.27. The molecule has 0 bridgehead atoms. The second-order valence-corrected chi connectivity index (χ2v) is 5.29. The van der Waals surface area contributed by atoms with Crippen LogP contribution in [-0.2, 0) is 16.1 Å². The van der Waals surface area contributed by atoms with Gasteiger partial charge in [-0.2, -0.15) is 0 Å². The van der Waals surface area contributed by atoms with E-state index in [1.807, 2.05) is 0 Å². The molecule has 0 radical (unpaired) electrons. The first-order valence-corrected chi connectivity index (χ1v) is 7.08. The molecule has 0 aliphatic heterocycles. The monoisotopic (exact) mass is 394 g/mol. The molecule has 0 spiro atoms. The molecule has 1 aromatic carbocycles. The van der Waals surface area contributed by atoms with E-state index in [1.54, 1.807) is 0 Å². The first-order chi connectivity index (χ1) is 11.7. The Morgan fingerprint density at radius 1 is 1.04 bits per heavy atom. The average molecular weight is 394 g/mol. The van der Waals surface area contributed by atoms with Gasteiger partial charge in [0.2, 0.25) is 10.9 Å². The van der Waals surface area contributed by atoms with Crippen LogP contribution in [0.15, 0.2) is 40.1 Å². The number of aliphatic carboxylic acids is 2. The number of carboxylic acid groups (broad SMARTS) is 2. The van der Waals surface area contributed by atoms with Gasteiger partial charge in [-0.25, -0.2) is 0 Å². The van der Waals surface area contributed by atoms with Crippen LogP contribution >= 0.6 is 0 Å². The molecule has 1 heterocycles. The zero-order chi connectivity index (χ0) is 18.7. The summed E-state index contributed by atoms with van der Waals surface area (Å²) in [6.07, 6.45) is 0.973. The zero-order valence-electron chi connectivity index (χ0n) is 13.1. The number of carbonyl (C=O) groups is 3. The molecule has 1 amide bonds. The molecule has 0 saturated carbocycles. The first-order valence-electron chi connectivity index (χ1n) is 7.08. The standard InChI is InChI=1S/C16H14N2O7.2Na.2H/c1-17(7-12(20)21)16(25)10-6-18(8-13(22)23)14-9(15(10)24)4-2-3-5-11(14)19;;;;/h2-6H,7-8H2,1H3,(H,20,21)(H,22,23);;;;. The van der Waals surface area contributed by atoms with Crippen molar-refractivity contribution in [3.8, 4) is 0 Å². The van der Waals surface area contributed by atoms with Gasteiger partial charge in [-0.15, -0.1) is 0 Å². The van der Waals surface area contributed by atoms with Gasteiger partial charge in [0.1, 0.15) is 24.2 Å². The van der Waals surface area contributed by atoms with E-state index in [0.717, 1.165) is 15.7 Å². The summed E-state index contributed by atoms with van der Waals surface area (Å²) < 4.78 is 1.00. The van der Waals surface area contributed by atoms with Crippen LogP contribution in [-0.4, -0.2) is 110 Å². The number of amides is 1. The predicted octanol–water partition coefficient (Wildman–Crippen LogP) is -1.69. The first kappa shape index (κ1) is 25.5. The van der Waals surface area contributed by atoms with E-state index in [9.17, 15) is 24.0 Å². The molecule has 0 aliphatic carbocycles. The van der Waals surface area contributed by atoms with Crippen molar-refractivity contribution < 1.29 is 24.6 Å². The number of nitrogens with zero attached hydrogens (tertiary/aromatic N) is 2. The molecule has 0 aliphatic rings. The van der Waals surface area contributed by atoms with Crippen molar-refractivity contribution in [2.75, 3.05) is 13.6 Å². The topological polar surface area (TPSA) is 134 Å². The summed E-state index contributed by atoms with van der Waals surface area (Å²) in [5.74, 6) is -3.42. The number of carbonyl (C=O) groups excluding carboxylic acids is 1. The summed E-state index contributed by atoms with van der Waals surface area (Å²) in [4.78, 5) is 59.8. The minimum absolute atomic E-state index is 0. The molecule has 27 heavy (non-hydrogen) atoms. The van der Waals surface area contributed by atoms with Crippen LogP contribution in [0.4, 0.5) is 0 Å². The van der Waals surface area contributed by atoms with Crippen LogP contribution in [0.25, 0.3) is 10.9 Å². The Morgan fingerprint density at radius 3 is 2.19 bits per heavy atom. The molecule has 2 rings (SSSR count). The fourth-order valence-corrected chi connectivity index (χ4v) is 2.39. The number of likely N-dealkylation sites (N-methyl/N-ethyl adjacent to an activating group) is 1. The van der Waals surface area contributed by atoms with Crippen molar-refractivity contribution in [3.05, 3.63) is 56.5 Å². The number of hydrogen-bond acceptors (Lipinski definition) is 5. The van der Waals surface area contributed by atoms with Crippen LogP contribution in [0.3, 0.4) is 0 Å². The van der Waals surface area contributed by atoms with Gasteiger partial charge in [0.25, 0.3) is 5.91 Å². The van der Waals surface area contributed by atoms with Crippen molar-refractivity contribution >= 4 is 87.9 Å². The molecular formula is C16H16N2Na2O7. The van der Waals surface area contributed by atoms with E-state index in [0.29, 0.717) is 0 Å². The molecule has 1 aromatic heterocycles. The number of fused-ring (bicyclic) bond motifs is 1.